The van der Waals surface area contributed by atoms with Gasteiger partial charge in [0.15, 0.2) is 0 Å². The van der Waals surface area contributed by atoms with Crippen LogP contribution in [-0.2, 0) is 9.59 Å². The van der Waals surface area contributed by atoms with Crippen molar-refractivity contribution in [2.24, 2.45) is 5.41 Å². The highest BCUT2D eigenvalue weighted by Gasteiger charge is 2.45. The molecule has 0 aromatic heterocycles. The molecular weight excluding hydrogens is 236 g/mol. The summed E-state index contributed by atoms with van der Waals surface area (Å²) in [7, 11) is 0. The molecule has 17 heavy (non-hydrogen) atoms. The van der Waals surface area contributed by atoms with Crippen LogP contribution in [0.5, 0.6) is 0 Å². The molecule has 2 fully saturated rings. The Hall–Kier alpha value is -0.710. The molecule has 5 heteroatoms. The maximum Gasteiger partial charge on any atom is 0.312 e. The summed E-state index contributed by atoms with van der Waals surface area (Å²) in [5, 5.41) is 0. The number of amides is 2. The van der Waals surface area contributed by atoms with Crippen molar-refractivity contribution in [2.45, 2.75) is 32.7 Å². The number of hydrogen-bond acceptors (Lipinski definition) is 3. The summed E-state index contributed by atoms with van der Waals surface area (Å²) in [5.74, 6) is 0.123. The minimum atomic E-state index is -0.346. The van der Waals surface area contributed by atoms with E-state index in [9.17, 15) is 9.59 Å². The van der Waals surface area contributed by atoms with Gasteiger partial charge >= 0.3 is 11.8 Å². The molecule has 2 rings (SSSR count). The van der Waals surface area contributed by atoms with Crippen LogP contribution in [0.2, 0.25) is 0 Å². The zero-order valence-corrected chi connectivity index (χ0v) is 11.4. The van der Waals surface area contributed by atoms with Crippen molar-refractivity contribution in [3.8, 4) is 0 Å². The van der Waals surface area contributed by atoms with Gasteiger partial charge in [0.05, 0.1) is 0 Å². The van der Waals surface area contributed by atoms with Gasteiger partial charge in [-0.25, -0.2) is 0 Å². The van der Waals surface area contributed by atoms with E-state index in [0.717, 1.165) is 18.6 Å². The van der Waals surface area contributed by atoms with Gasteiger partial charge in [-0.15, -0.1) is 0 Å². The quantitative estimate of drug-likeness (QED) is 0.596. The Labute approximate surface area is 108 Å². The molecule has 0 unspecified atom stereocenters. The molecule has 0 aromatic rings. The Bertz CT molecular complexity index is 339. The molecule has 1 aliphatic carbocycles. The average molecular weight is 256 g/mol. The second-order valence-electron chi connectivity index (χ2n) is 5.48. The van der Waals surface area contributed by atoms with Crippen LogP contribution in [0.4, 0.5) is 0 Å². The highest BCUT2D eigenvalue weighted by Crippen LogP contribution is 2.47. The third-order valence-electron chi connectivity index (χ3n) is 3.78. The lowest BCUT2D eigenvalue weighted by molar-refractivity contribution is -0.157. The fourth-order valence-electron chi connectivity index (χ4n) is 2.28. The summed E-state index contributed by atoms with van der Waals surface area (Å²) in [4.78, 5) is 27.2. The Morgan fingerprint density at radius 2 is 1.88 bits per heavy atom. The zero-order chi connectivity index (χ0) is 12.6. The molecular formula is C12H20N2O2S. The number of rotatable bonds is 4. The van der Waals surface area contributed by atoms with Gasteiger partial charge in [0, 0.05) is 25.7 Å². The Morgan fingerprint density at radius 1 is 1.24 bits per heavy atom. The zero-order valence-electron chi connectivity index (χ0n) is 10.5. The van der Waals surface area contributed by atoms with Crippen LogP contribution in [0.15, 0.2) is 0 Å². The SMILES string of the molecule is CC(C)N1CCN(CC2(CS)CC2)C(=O)C1=O. The first-order valence-corrected chi connectivity index (χ1v) is 6.83. The Balaban J connectivity index is 1.99. The van der Waals surface area contributed by atoms with Crippen molar-refractivity contribution < 1.29 is 9.59 Å². The molecule has 0 bridgehead atoms. The smallest absolute Gasteiger partial charge is 0.312 e. The third kappa shape index (κ3) is 2.44. The summed E-state index contributed by atoms with van der Waals surface area (Å²) >= 11 is 4.33. The van der Waals surface area contributed by atoms with Gasteiger partial charge in [0.1, 0.15) is 0 Å². The van der Waals surface area contributed by atoms with Crippen LogP contribution in [-0.4, -0.2) is 53.0 Å². The van der Waals surface area contributed by atoms with E-state index in [1.807, 2.05) is 13.8 Å². The topological polar surface area (TPSA) is 40.6 Å². The molecule has 0 atom stereocenters. The summed E-state index contributed by atoms with van der Waals surface area (Å²) < 4.78 is 0. The molecule has 0 spiro atoms. The van der Waals surface area contributed by atoms with Gasteiger partial charge in [-0.3, -0.25) is 9.59 Å². The van der Waals surface area contributed by atoms with Crippen molar-refractivity contribution in [1.82, 2.24) is 9.80 Å². The summed E-state index contributed by atoms with van der Waals surface area (Å²) in [5.41, 5.74) is 0.194. The van der Waals surface area contributed by atoms with Crippen molar-refractivity contribution >= 4 is 24.4 Å². The molecule has 1 heterocycles. The first kappa shape index (κ1) is 12.7. The first-order valence-electron chi connectivity index (χ1n) is 6.20. The molecule has 0 aromatic carbocycles. The Kier molecular flexibility index (Phi) is 3.39. The second-order valence-corrected chi connectivity index (χ2v) is 5.79. The molecule has 2 aliphatic rings. The molecule has 1 saturated heterocycles. The largest absolute Gasteiger partial charge is 0.332 e. The third-order valence-corrected chi connectivity index (χ3v) is 4.45. The minimum absolute atomic E-state index is 0.105. The number of carbonyl (C=O) groups excluding carboxylic acids is 2. The van der Waals surface area contributed by atoms with Gasteiger partial charge in [0.2, 0.25) is 0 Å². The number of carbonyl (C=O) groups is 2. The lowest BCUT2D eigenvalue weighted by Crippen LogP contribution is -2.57. The van der Waals surface area contributed by atoms with Gasteiger partial charge in [-0.2, -0.15) is 12.6 Å². The summed E-state index contributed by atoms with van der Waals surface area (Å²) in [6, 6.07) is 0.105. The fraction of sp³-hybridized carbons (Fsp3) is 0.833. The summed E-state index contributed by atoms with van der Waals surface area (Å²) in [6.45, 7) is 5.91. The van der Waals surface area contributed by atoms with Crippen LogP contribution in [0.25, 0.3) is 0 Å². The van der Waals surface area contributed by atoms with Crippen molar-refractivity contribution in [1.29, 1.82) is 0 Å². The fourth-order valence-corrected chi connectivity index (χ4v) is 2.70. The number of hydrogen-bond donors (Lipinski definition) is 1. The van der Waals surface area contributed by atoms with Crippen molar-refractivity contribution in [2.75, 3.05) is 25.4 Å². The first-order chi connectivity index (χ1) is 7.99. The van der Waals surface area contributed by atoms with Crippen LogP contribution in [0, 0.1) is 5.41 Å². The van der Waals surface area contributed by atoms with Gasteiger partial charge in [0.25, 0.3) is 0 Å². The molecule has 0 radical (unpaired) electrons. The maximum atomic E-state index is 12.0. The predicted octanol–water partition coefficient (Wildman–Crippen LogP) is 0.776. The lowest BCUT2D eigenvalue weighted by Gasteiger charge is -2.37. The average Bonchev–Trinajstić information content (AvgIpc) is 3.05. The molecule has 4 nitrogen and oxygen atoms in total. The molecule has 2 amide bonds. The van der Waals surface area contributed by atoms with Crippen LogP contribution in [0.3, 0.4) is 0 Å². The highest BCUT2D eigenvalue weighted by atomic mass is 32.1. The number of piperazine rings is 1. The predicted molar refractivity (Wildman–Crippen MR) is 68.9 cm³/mol. The van der Waals surface area contributed by atoms with Crippen LogP contribution < -0.4 is 0 Å². The van der Waals surface area contributed by atoms with E-state index in [2.05, 4.69) is 12.6 Å². The van der Waals surface area contributed by atoms with E-state index in [0.29, 0.717) is 19.6 Å². The number of thiol groups is 1. The Morgan fingerprint density at radius 3 is 2.35 bits per heavy atom. The van der Waals surface area contributed by atoms with Crippen LogP contribution in [0.1, 0.15) is 26.7 Å². The van der Waals surface area contributed by atoms with E-state index >= 15 is 0 Å². The normalized spacial score (nSPS) is 23.5. The van der Waals surface area contributed by atoms with Gasteiger partial charge in [-0.1, -0.05) is 0 Å². The standard InChI is InChI=1S/C12H20N2O2S/c1-9(2)14-6-5-13(10(15)11(14)16)7-12(8-17)3-4-12/h9,17H,3-8H2,1-2H3. The molecule has 1 aliphatic heterocycles. The van der Waals surface area contributed by atoms with E-state index in [-0.39, 0.29) is 23.3 Å². The lowest BCUT2D eigenvalue weighted by atomic mass is 10.1. The highest BCUT2D eigenvalue weighted by molar-refractivity contribution is 7.80. The van der Waals surface area contributed by atoms with Crippen molar-refractivity contribution in [3.05, 3.63) is 0 Å². The molecule has 96 valence electrons. The van der Waals surface area contributed by atoms with Crippen LogP contribution >= 0.6 is 12.6 Å². The van der Waals surface area contributed by atoms with Crippen molar-refractivity contribution in [3.63, 3.8) is 0 Å². The number of nitrogens with zero attached hydrogens (tertiary/aromatic N) is 2. The van der Waals surface area contributed by atoms with E-state index in [1.54, 1.807) is 9.80 Å². The van der Waals surface area contributed by atoms with E-state index in [4.69, 9.17) is 0 Å². The van der Waals surface area contributed by atoms with E-state index in [1.165, 1.54) is 0 Å². The minimum Gasteiger partial charge on any atom is -0.332 e. The second kappa shape index (κ2) is 4.52. The molecule has 1 saturated carbocycles. The van der Waals surface area contributed by atoms with Gasteiger partial charge in [-0.05, 0) is 37.9 Å². The molecule has 0 N–H and O–H groups in total. The van der Waals surface area contributed by atoms with E-state index < -0.39 is 0 Å². The summed E-state index contributed by atoms with van der Waals surface area (Å²) in [6.07, 6.45) is 2.25. The van der Waals surface area contributed by atoms with Gasteiger partial charge < -0.3 is 9.80 Å². The maximum absolute atomic E-state index is 12.0. The monoisotopic (exact) mass is 256 g/mol.